The Labute approximate surface area is 510 Å². The quantitative estimate of drug-likeness (QED) is 0.244. The minimum atomic E-state index is 0. The highest BCUT2D eigenvalue weighted by molar-refractivity contribution is 4.74. The van der Waals surface area contributed by atoms with Crippen molar-refractivity contribution in [3.63, 3.8) is 0 Å². The van der Waals surface area contributed by atoms with Crippen molar-refractivity contribution in [2.45, 2.75) is 314 Å². The predicted molar refractivity (Wildman–Crippen MR) is 371 cm³/mol. The fourth-order valence-electron chi connectivity index (χ4n) is 10.6. The van der Waals surface area contributed by atoms with E-state index in [-0.39, 0.29) is 52.0 Å². The second-order valence-electron chi connectivity index (χ2n) is 24.8. The molecule has 0 saturated carbocycles. The SMILES string of the molecule is C.C.C.C.C.C.C.CC(C)N1CCC1.CC(C)N1CCCC1.CC(C)N1CCCCC1.CC(C)N1CCCCCC1.CC(C)N1CCCCCCC1.CC(C)N1CCCNCC1.CC(C)N1CCNCC1.CC(C)N1CCOCC1. The first-order valence-corrected chi connectivity index (χ1v) is 31.9. The van der Waals surface area contributed by atoms with Crippen LogP contribution in [-0.2, 0) is 4.74 Å². The van der Waals surface area contributed by atoms with E-state index < -0.39 is 0 Å². The highest BCUT2D eigenvalue weighted by atomic mass is 16.5. The smallest absolute Gasteiger partial charge is 0.0594 e. The van der Waals surface area contributed by atoms with Gasteiger partial charge in [-0.05, 0) is 254 Å². The van der Waals surface area contributed by atoms with Gasteiger partial charge in [0.1, 0.15) is 0 Å². The van der Waals surface area contributed by atoms with Crippen molar-refractivity contribution in [3.05, 3.63) is 0 Å². The molecule has 0 aromatic rings. The molecular formula is C69H162N10O. The van der Waals surface area contributed by atoms with Gasteiger partial charge in [-0.2, -0.15) is 0 Å². The van der Waals surface area contributed by atoms with Crippen molar-refractivity contribution in [1.82, 2.24) is 49.8 Å². The zero-order chi connectivity index (χ0) is 54.2. The minimum Gasteiger partial charge on any atom is -0.379 e. The number of hydrogen-bond acceptors (Lipinski definition) is 11. The van der Waals surface area contributed by atoms with E-state index in [4.69, 9.17) is 4.74 Å². The minimum absolute atomic E-state index is 0. The van der Waals surface area contributed by atoms with Crippen LogP contribution in [-0.4, -0.2) is 232 Å². The largest absolute Gasteiger partial charge is 0.379 e. The van der Waals surface area contributed by atoms with Crippen molar-refractivity contribution >= 4 is 0 Å². The molecule has 0 amide bonds. The van der Waals surface area contributed by atoms with Crippen molar-refractivity contribution in [1.29, 1.82) is 0 Å². The second-order valence-corrected chi connectivity index (χ2v) is 24.8. The lowest BCUT2D eigenvalue weighted by Crippen LogP contribution is -2.46. The summed E-state index contributed by atoms with van der Waals surface area (Å²) < 4.78 is 5.21. The van der Waals surface area contributed by atoms with Crippen LogP contribution in [0.3, 0.4) is 0 Å². The summed E-state index contributed by atoms with van der Waals surface area (Å²) in [6, 6.07) is 5.99. The molecule has 8 rings (SSSR count). The topological polar surface area (TPSA) is 59.2 Å². The molecule has 8 aliphatic heterocycles. The molecule has 8 saturated heterocycles. The molecule has 0 aromatic heterocycles. The number of ether oxygens (including phenoxy) is 1. The maximum atomic E-state index is 5.21. The Morgan fingerprint density at radius 2 is 0.375 bits per heavy atom. The molecule has 494 valence electrons. The average Bonchev–Trinajstić information content (AvgIpc) is 3.55. The maximum absolute atomic E-state index is 5.21. The first-order valence-electron chi connectivity index (χ1n) is 31.9. The lowest BCUT2D eigenvalue weighted by Gasteiger charge is -2.34. The molecule has 8 heterocycles. The van der Waals surface area contributed by atoms with Gasteiger partial charge in [-0.1, -0.05) is 90.5 Å². The van der Waals surface area contributed by atoms with E-state index in [1.54, 1.807) is 0 Å². The van der Waals surface area contributed by atoms with Crippen LogP contribution < -0.4 is 10.6 Å². The van der Waals surface area contributed by atoms with E-state index in [0.717, 1.165) is 88.2 Å². The Morgan fingerprint density at radius 3 is 0.613 bits per heavy atom. The summed E-state index contributed by atoms with van der Waals surface area (Å²) >= 11 is 0. The van der Waals surface area contributed by atoms with Crippen molar-refractivity contribution < 1.29 is 4.74 Å². The predicted octanol–water partition coefficient (Wildman–Crippen LogP) is 15.6. The van der Waals surface area contributed by atoms with E-state index >= 15 is 0 Å². The van der Waals surface area contributed by atoms with Crippen LogP contribution in [0.5, 0.6) is 0 Å². The molecule has 8 fully saturated rings. The monoisotopic (exact) mass is 1150 g/mol. The van der Waals surface area contributed by atoms with Crippen LogP contribution in [0.25, 0.3) is 0 Å². The molecule has 11 nitrogen and oxygen atoms in total. The molecule has 0 aliphatic carbocycles. The third-order valence-electron chi connectivity index (χ3n) is 16.4. The Kier molecular flexibility index (Phi) is 70.2. The zero-order valence-corrected chi connectivity index (χ0v) is 52.5. The highest BCUT2D eigenvalue weighted by Crippen LogP contribution is 2.15. The fraction of sp³-hybridized carbons (Fsp3) is 1.00. The highest BCUT2D eigenvalue weighted by Gasteiger charge is 2.17. The molecule has 80 heavy (non-hydrogen) atoms. The molecule has 0 radical (unpaired) electrons. The summed E-state index contributed by atoms with van der Waals surface area (Å²) in [6.07, 6.45) is 22.7. The first kappa shape index (κ1) is 93.3. The average molecular weight is 1150 g/mol. The molecular weight excluding hydrogens is 985 g/mol. The molecule has 0 bridgehead atoms. The molecule has 0 spiro atoms. The summed E-state index contributed by atoms with van der Waals surface area (Å²) in [4.78, 5) is 20.2. The van der Waals surface area contributed by atoms with Gasteiger partial charge in [0, 0.05) is 101 Å². The molecule has 11 heteroatoms. The Bertz CT molecular complexity index is 1060. The molecule has 0 atom stereocenters. The van der Waals surface area contributed by atoms with Crippen molar-refractivity contribution in [2.75, 3.05) is 144 Å². The van der Waals surface area contributed by atoms with Crippen LogP contribution in [0.2, 0.25) is 0 Å². The number of nitrogens with zero attached hydrogens (tertiary/aromatic N) is 8. The lowest BCUT2D eigenvalue weighted by molar-refractivity contribution is 0.0238. The number of likely N-dealkylation sites (tertiary alicyclic amines) is 5. The summed E-state index contributed by atoms with van der Waals surface area (Å²) in [5.74, 6) is 0. The van der Waals surface area contributed by atoms with Gasteiger partial charge >= 0.3 is 0 Å². The van der Waals surface area contributed by atoms with Crippen LogP contribution in [0, 0.1) is 0 Å². The standard InChI is InChI=1S/C10H21N.C9H19N.C8H18N2.C8H17N.C7H16N2.C7H15NO.C7H15N.C6H13N.7CH4/c1-10(2)11-8-6-4-3-5-7-9-11;1-9(2)10-7-5-3-4-6-8-10;1-8(2)10-6-3-4-9-5-7-10;1-8(2)9-6-4-3-5-7-9;1-7(2)9-5-3-8-4-6-9;1-7(2)8-3-5-9-6-4-8;1-7(2)8-5-3-4-6-8;1-6(2)7-4-3-5-7;;;;;;;/h10H,3-9H2,1-2H3;9H,3-8H2,1-2H3;8-9H,3-7H2,1-2H3;8H,3-7H2,1-2H3;7-8H,3-6H2,1-2H3;7H,3-6H2,1-2H3;7H,3-6H2,1-2H3;6H,3-5H2,1-2H3;7*1H4. The van der Waals surface area contributed by atoms with Crippen molar-refractivity contribution in [3.8, 4) is 0 Å². The van der Waals surface area contributed by atoms with Gasteiger partial charge in [-0.25, -0.2) is 0 Å². The summed E-state index contributed by atoms with van der Waals surface area (Å²) in [7, 11) is 0. The number of nitrogens with one attached hydrogen (secondary N) is 2. The number of rotatable bonds is 8. The van der Waals surface area contributed by atoms with Gasteiger partial charge in [0.2, 0.25) is 0 Å². The first-order chi connectivity index (χ1) is 34.9. The van der Waals surface area contributed by atoms with Gasteiger partial charge < -0.3 is 39.9 Å². The number of hydrogen-bond donors (Lipinski definition) is 2. The fourth-order valence-corrected chi connectivity index (χ4v) is 10.6. The normalized spacial score (nSPS) is 21.0. The van der Waals surface area contributed by atoms with Crippen molar-refractivity contribution in [2.24, 2.45) is 0 Å². The van der Waals surface area contributed by atoms with Gasteiger partial charge in [-0.15, -0.1) is 0 Å². The third kappa shape index (κ3) is 48.8. The number of piperazine rings is 1. The van der Waals surface area contributed by atoms with E-state index in [2.05, 4.69) is 161 Å². The van der Waals surface area contributed by atoms with E-state index in [1.165, 1.54) is 201 Å². The van der Waals surface area contributed by atoms with E-state index in [0.29, 0.717) is 6.04 Å². The van der Waals surface area contributed by atoms with Crippen LogP contribution >= 0.6 is 0 Å². The molecule has 0 unspecified atom stereocenters. The zero-order valence-electron chi connectivity index (χ0n) is 52.5. The van der Waals surface area contributed by atoms with Crippen LogP contribution in [0.1, 0.15) is 265 Å². The Morgan fingerprint density at radius 1 is 0.200 bits per heavy atom. The Balaban J connectivity index is -0.000000151. The van der Waals surface area contributed by atoms with Crippen LogP contribution in [0.4, 0.5) is 0 Å². The Hall–Kier alpha value is -0.440. The van der Waals surface area contributed by atoms with E-state index in [9.17, 15) is 0 Å². The molecule has 0 aromatic carbocycles. The molecule has 8 aliphatic rings. The van der Waals surface area contributed by atoms with E-state index in [1.807, 2.05) is 0 Å². The van der Waals surface area contributed by atoms with Gasteiger partial charge in [0.05, 0.1) is 13.2 Å². The summed E-state index contributed by atoms with van der Waals surface area (Å²) in [6.45, 7) is 63.3. The lowest BCUT2D eigenvalue weighted by atomic mass is 10.1. The summed E-state index contributed by atoms with van der Waals surface area (Å²) in [5.41, 5.74) is 0. The second kappa shape index (κ2) is 60.3. The van der Waals surface area contributed by atoms with Gasteiger partial charge in [-0.3, -0.25) is 14.7 Å². The summed E-state index contributed by atoms with van der Waals surface area (Å²) in [5, 5.41) is 6.72. The van der Waals surface area contributed by atoms with Crippen LogP contribution in [0.15, 0.2) is 0 Å². The van der Waals surface area contributed by atoms with Gasteiger partial charge in [0.15, 0.2) is 0 Å². The van der Waals surface area contributed by atoms with Gasteiger partial charge in [0.25, 0.3) is 0 Å². The number of morpholine rings is 1. The maximum Gasteiger partial charge on any atom is 0.0594 e. The molecule has 2 N–H and O–H groups in total. The number of piperidine rings is 1. The third-order valence-corrected chi connectivity index (χ3v) is 16.4.